The normalized spacial score (nSPS) is 22.4. The number of piperazine rings is 1. The number of hydrogen-bond acceptors (Lipinski definition) is 3. The van der Waals surface area contributed by atoms with Crippen LogP contribution in [-0.2, 0) is 0 Å². The number of nitrogens with zero attached hydrogens (tertiary/aromatic N) is 1. The van der Waals surface area contributed by atoms with E-state index in [9.17, 15) is 4.79 Å². The molecule has 3 rings (SSSR count). The quantitative estimate of drug-likeness (QED) is 0.899. The summed E-state index contributed by atoms with van der Waals surface area (Å²) in [7, 11) is 0. The lowest BCUT2D eigenvalue weighted by molar-refractivity contribution is 0.0708. The predicted octanol–water partition coefficient (Wildman–Crippen LogP) is 3.47. The first-order valence-corrected chi connectivity index (χ1v) is 9.48. The molecule has 1 saturated heterocycles. The average Bonchev–Trinajstić information content (AvgIpc) is 2.62. The Morgan fingerprint density at radius 1 is 1.29 bits per heavy atom. The van der Waals surface area contributed by atoms with Gasteiger partial charge in [0.2, 0.25) is 0 Å². The SMILES string of the molecule is CC1CN(C(=O)c2cccc(OCCC3CCCCC3)c2)CCN1. The number of nitrogens with one attached hydrogen (secondary N) is 1. The minimum atomic E-state index is 0.112. The molecule has 1 aliphatic carbocycles. The van der Waals surface area contributed by atoms with E-state index in [0.29, 0.717) is 6.04 Å². The molecule has 1 aromatic carbocycles. The lowest BCUT2D eigenvalue weighted by Gasteiger charge is -2.32. The fraction of sp³-hybridized carbons (Fsp3) is 0.650. The van der Waals surface area contributed by atoms with Crippen LogP contribution in [0.2, 0.25) is 0 Å². The molecule has 2 aliphatic rings. The molecule has 4 nitrogen and oxygen atoms in total. The molecule has 24 heavy (non-hydrogen) atoms. The van der Waals surface area contributed by atoms with Crippen molar-refractivity contribution >= 4 is 5.91 Å². The van der Waals surface area contributed by atoms with Crippen molar-refractivity contribution < 1.29 is 9.53 Å². The third kappa shape index (κ3) is 4.73. The monoisotopic (exact) mass is 330 g/mol. The molecule has 1 aliphatic heterocycles. The fourth-order valence-electron chi connectivity index (χ4n) is 3.84. The van der Waals surface area contributed by atoms with Crippen molar-refractivity contribution in [2.75, 3.05) is 26.2 Å². The van der Waals surface area contributed by atoms with Crippen molar-refractivity contribution in [2.45, 2.75) is 51.5 Å². The first-order chi connectivity index (χ1) is 11.7. The summed E-state index contributed by atoms with van der Waals surface area (Å²) in [6.45, 7) is 5.28. The van der Waals surface area contributed by atoms with Gasteiger partial charge in [0.1, 0.15) is 5.75 Å². The molecular formula is C20H30N2O2. The highest BCUT2D eigenvalue weighted by atomic mass is 16.5. The minimum Gasteiger partial charge on any atom is -0.494 e. The zero-order chi connectivity index (χ0) is 16.8. The van der Waals surface area contributed by atoms with Gasteiger partial charge < -0.3 is 15.0 Å². The summed E-state index contributed by atoms with van der Waals surface area (Å²) in [4.78, 5) is 14.6. The summed E-state index contributed by atoms with van der Waals surface area (Å²) in [5, 5.41) is 3.37. The zero-order valence-electron chi connectivity index (χ0n) is 14.8. The van der Waals surface area contributed by atoms with Crippen LogP contribution >= 0.6 is 0 Å². The molecule has 1 amide bonds. The second kappa shape index (κ2) is 8.52. The van der Waals surface area contributed by atoms with Gasteiger partial charge in [-0.15, -0.1) is 0 Å². The average molecular weight is 330 g/mol. The van der Waals surface area contributed by atoms with Crippen molar-refractivity contribution in [2.24, 2.45) is 5.92 Å². The van der Waals surface area contributed by atoms with Gasteiger partial charge in [-0.2, -0.15) is 0 Å². The molecular weight excluding hydrogens is 300 g/mol. The molecule has 1 N–H and O–H groups in total. The van der Waals surface area contributed by atoms with E-state index < -0.39 is 0 Å². The number of hydrogen-bond donors (Lipinski definition) is 1. The van der Waals surface area contributed by atoms with Crippen LogP contribution in [0, 0.1) is 5.92 Å². The van der Waals surface area contributed by atoms with Gasteiger partial charge in [0.15, 0.2) is 0 Å². The van der Waals surface area contributed by atoms with Gasteiger partial charge in [0, 0.05) is 31.2 Å². The fourth-order valence-corrected chi connectivity index (χ4v) is 3.84. The van der Waals surface area contributed by atoms with E-state index in [1.54, 1.807) is 0 Å². The molecule has 2 fully saturated rings. The lowest BCUT2D eigenvalue weighted by Crippen LogP contribution is -2.51. The summed E-state index contributed by atoms with van der Waals surface area (Å²) < 4.78 is 5.92. The van der Waals surface area contributed by atoms with E-state index in [1.165, 1.54) is 32.1 Å². The van der Waals surface area contributed by atoms with E-state index in [4.69, 9.17) is 4.74 Å². The third-order valence-corrected chi connectivity index (χ3v) is 5.26. The third-order valence-electron chi connectivity index (χ3n) is 5.26. The molecule has 1 saturated carbocycles. The number of benzene rings is 1. The van der Waals surface area contributed by atoms with Gasteiger partial charge in [-0.3, -0.25) is 4.79 Å². The van der Waals surface area contributed by atoms with Gasteiger partial charge in [-0.1, -0.05) is 38.2 Å². The van der Waals surface area contributed by atoms with Crippen LogP contribution in [0.5, 0.6) is 5.75 Å². The van der Waals surface area contributed by atoms with Crippen LogP contribution in [0.15, 0.2) is 24.3 Å². The Morgan fingerprint density at radius 3 is 2.92 bits per heavy atom. The van der Waals surface area contributed by atoms with Gasteiger partial charge in [-0.25, -0.2) is 0 Å². The maximum absolute atomic E-state index is 12.7. The second-order valence-corrected chi connectivity index (χ2v) is 7.28. The first-order valence-electron chi connectivity index (χ1n) is 9.48. The maximum Gasteiger partial charge on any atom is 0.254 e. The van der Waals surface area contributed by atoms with Gasteiger partial charge in [-0.05, 0) is 37.5 Å². The van der Waals surface area contributed by atoms with E-state index >= 15 is 0 Å². The Bertz CT molecular complexity index is 540. The summed E-state index contributed by atoms with van der Waals surface area (Å²) in [6, 6.07) is 8.03. The van der Waals surface area contributed by atoms with Crippen molar-refractivity contribution in [1.29, 1.82) is 0 Å². The van der Waals surface area contributed by atoms with Gasteiger partial charge in [0.05, 0.1) is 6.61 Å². The molecule has 4 heteroatoms. The molecule has 132 valence electrons. The molecule has 0 spiro atoms. The Hall–Kier alpha value is -1.55. The van der Waals surface area contributed by atoms with E-state index in [-0.39, 0.29) is 5.91 Å². The van der Waals surface area contributed by atoms with E-state index in [1.807, 2.05) is 29.2 Å². The number of rotatable bonds is 5. The number of amides is 1. The highest BCUT2D eigenvalue weighted by Gasteiger charge is 2.21. The second-order valence-electron chi connectivity index (χ2n) is 7.28. The Labute approximate surface area is 145 Å². The minimum absolute atomic E-state index is 0.112. The number of carbonyl (C=O) groups excluding carboxylic acids is 1. The predicted molar refractivity (Wildman–Crippen MR) is 96.5 cm³/mol. The standard InChI is InChI=1S/C20H30N2O2/c1-16-15-22(12-11-21-16)20(23)18-8-5-9-19(14-18)24-13-10-17-6-3-2-4-7-17/h5,8-9,14,16-17,21H,2-4,6-7,10-13,15H2,1H3. The first kappa shape index (κ1) is 17.3. The van der Waals surface area contributed by atoms with E-state index in [2.05, 4.69) is 12.2 Å². The lowest BCUT2D eigenvalue weighted by atomic mass is 9.87. The Balaban J connectivity index is 1.52. The largest absolute Gasteiger partial charge is 0.494 e. The smallest absolute Gasteiger partial charge is 0.254 e. The summed E-state index contributed by atoms with van der Waals surface area (Å²) in [6.07, 6.45) is 7.97. The van der Waals surface area contributed by atoms with Crippen molar-refractivity contribution in [1.82, 2.24) is 10.2 Å². The summed E-state index contributed by atoms with van der Waals surface area (Å²) in [5.74, 6) is 1.76. The topological polar surface area (TPSA) is 41.6 Å². The molecule has 1 atom stereocenters. The van der Waals surface area contributed by atoms with Gasteiger partial charge >= 0.3 is 0 Å². The Morgan fingerprint density at radius 2 is 2.12 bits per heavy atom. The van der Waals surface area contributed by atoms with Crippen LogP contribution in [-0.4, -0.2) is 43.1 Å². The molecule has 0 aromatic heterocycles. The Kier molecular flexibility index (Phi) is 6.13. The van der Waals surface area contributed by atoms with Crippen LogP contribution in [0.1, 0.15) is 55.8 Å². The number of ether oxygens (including phenoxy) is 1. The van der Waals surface area contributed by atoms with Crippen molar-refractivity contribution in [3.63, 3.8) is 0 Å². The van der Waals surface area contributed by atoms with Crippen LogP contribution in [0.4, 0.5) is 0 Å². The summed E-state index contributed by atoms with van der Waals surface area (Å²) in [5.41, 5.74) is 0.735. The van der Waals surface area contributed by atoms with Crippen LogP contribution in [0.25, 0.3) is 0 Å². The van der Waals surface area contributed by atoms with Crippen molar-refractivity contribution in [3.05, 3.63) is 29.8 Å². The van der Waals surface area contributed by atoms with Gasteiger partial charge in [0.25, 0.3) is 5.91 Å². The van der Waals surface area contributed by atoms with Crippen molar-refractivity contribution in [3.8, 4) is 5.75 Å². The highest BCUT2D eigenvalue weighted by Crippen LogP contribution is 2.26. The van der Waals surface area contributed by atoms with E-state index in [0.717, 1.165) is 49.9 Å². The van der Waals surface area contributed by atoms with Crippen LogP contribution in [0.3, 0.4) is 0 Å². The molecule has 1 aromatic rings. The highest BCUT2D eigenvalue weighted by molar-refractivity contribution is 5.94. The molecule has 0 radical (unpaired) electrons. The molecule has 1 unspecified atom stereocenters. The maximum atomic E-state index is 12.7. The zero-order valence-corrected chi connectivity index (χ0v) is 14.8. The molecule has 1 heterocycles. The molecule has 0 bridgehead atoms. The van der Waals surface area contributed by atoms with Crippen LogP contribution < -0.4 is 10.1 Å². The summed E-state index contributed by atoms with van der Waals surface area (Å²) >= 11 is 0. The number of carbonyl (C=O) groups is 1.